The van der Waals surface area contributed by atoms with Gasteiger partial charge in [-0.05, 0) is 64.2 Å². The molecule has 6 nitrogen and oxygen atoms in total. The molecule has 0 amide bonds. The molecule has 6 heteroatoms. The summed E-state index contributed by atoms with van der Waals surface area (Å²) in [5.74, 6) is -0.876. The smallest absolute Gasteiger partial charge is 0.306 e. The van der Waals surface area contributed by atoms with Crippen molar-refractivity contribution in [3.8, 4) is 0 Å². The summed E-state index contributed by atoms with van der Waals surface area (Å²) in [7, 11) is 0. The Morgan fingerprint density at radius 3 is 0.821 bits per heavy atom. The summed E-state index contributed by atoms with van der Waals surface area (Å²) in [6.45, 7) is 6.59. The average Bonchev–Trinajstić information content (AvgIpc) is 3.33. The summed E-state index contributed by atoms with van der Waals surface area (Å²) in [5, 5.41) is 0. The quantitative estimate of drug-likeness (QED) is 0.0262. The molecule has 67 heavy (non-hydrogen) atoms. The van der Waals surface area contributed by atoms with E-state index >= 15 is 0 Å². The standard InChI is InChI=1S/C61H114O6/c1-4-7-10-13-16-19-22-24-25-26-27-28-29-30-31-32-33-34-35-36-38-39-42-45-48-51-54-60(63)66-57-58(56-65-59(62)53-50-47-44-41-21-18-15-12-9-6-3)67-61(64)55-52-49-46-43-40-37-23-20-17-14-11-8-5-2/h12,15,20,23,58H,4-11,13-14,16-19,21-22,24-57H2,1-3H3/b15-12-,23-20-. The maximum atomic E-state index is 12.8. The van der Waals surface area contributed by atoms with Gasteiger partial charge in [0.25, 0.3) is 0 Å². The Kier molecular flexibility index (Phi) is 54.7. The summed E-state index contributed by atoms with van der Waals surface area (Å²) in [6.07, 6.45) is 66.3. The molecule has 0 spiro atoms. The van der Waals surface area contributed by atoms with Crippen LogP contribution in [-0.2, 0) is 28.6 Å². The Morgan fingerprint density at radius 1 is 0.284 bits per heavy atom. The van der Waals surface area contributed by atoms with Gasteiger partial charge in [-0.2, -0.15) is 0 Å². The molecule has 0 bridgehead atoms. The number of hydrogen-bond donors (Lipinski definition) is 0. The van der Waals surface area contributed by atoms with E-state index in [4.69, 9.17) is 14.2 Å². The van der Waals surface area contributed by atoms with Gasteiger partial charge in [-0.1, -0.05) is 270 Å². The van der Waals surface area contributed by atoms with Crippen LogP contribution in [0.1, 0.15) is 329 Å². The Bertz CT molecular complexity index is 1080. The van der Waals surface area contributed by atoms with Gasteiger partial charge in [-0.15, -0.1) is 0 Å². The van der Waals surface area contributed by atoms with E-state index in [2.05, 4.69) is 45.1 Å². The van der Waals surface area contributed by atoms with E-state index in [1.807, 2.05) is 0 Å². The van der Waals surface area contributed by atoms with Crippen LogP contribution in [0.5, 0.6) is 0 Å². The van der Waals surface area contributed by atoms with Gasteiger partial charge in [0.1, 0.15) is 13.2 Å². The predicted octanol–water partition coefficient (Wildman–Crippen LogP) is 19.9. The van der Waals surface area contributed by atoms with Crippen LogP contribution in [0.4, 0.5) is 0 Å². The number of carbonyl (C=O) groups excluding carboxylic acids is 3. The van der Waals surface area contributed by atoms with Gasteiger partial charge in [0.2, 0.25) is 0 Å². The molecule has 0 aromatic rings. The molecule has 0 fully saturated rings. The van der Waals surface area contributed by atoms with Crippen LogP contribution in [-0.4, -0.2) is 37.2 Å². The summed E-state index contributed by atoms with van der Waals surface area (Å²) < 4.78 is 16.8. The fraction of sp³-hybridized carbons (Fsp3) is 0.885. The first kappa shape index (κ1) is 64.9. The van der Waals surface area contributed by atoms with Crippen molar-refractivity contribution in [2.75, 3.05) is 13.2 Å². The molecule has 0 radical (unpaired) electrons. The highest BCUT2D eigenvalue weighted by atomic mass is 16.6. The third kappa shape index (κ3) is 54.7. The van der Waals surface area contributed by atoms with Crippen LogP contribution in [0.25, 0.3) is 0 Å². The lowest BCUT2D eigenvalue weighted by Gasteiger charge is -2.18. The van der Waals surface area contributed by atoms with Gasteiger partial charge in [0, 0.05) is 19.3 Å². The summed E-state index contributed by atoms with van der Waals surface area (Å²) >= 11 is 0. The van der Waals surface area contributed by atoms with E-state index in [0.29, 0.717) is 19.3 Å². The van der Waals surface area contributed by atoms with Crippen LogP contribution < -0.4 is 0 Å². The summed E-state index contributed by atoms with van der Waals surface area (Å²) in [5.41, 5.74) is 0. The lowest BCUT2D eigenvalue weighted by atomic mass is 10.0. The molecule has 1 unspecified atom stereocenters. The van der Waals surface area contributed by atoms with Gasteiger partial charge in [0.05, 0.1) is 0 Å². The second-order valence-electron chi connectivity index (χ2n) is 20.3. The molecular formula is C61H114O6. The Labute approximate surface area is 417 Å². The molecule has 0 heterocycles. The molecule has 1 atom stereocenters. The van der Waals surface area contributed by atoms with Crippen LogP contribution in [0, 0.1) is 0 Å². The molecule has 0 saturated carbocycles. The van der Waals surface area contributed by atoms with Crippen molar-refractivity contribution in [3.05, 3.63) is 24.3 Å². The normalized spacial score (nSPS) is 12.1. The van der Waals surface area contributed by atoms with Crippen LogP contribution in [0.2, 0.25) is 0 Å². The average molecular weight is 944 g/mol. The van der Waals surface area contributed by atoms with E-state index in [-0.39, 0.29) is 31.1 Å². The molecule has 0 aliphatic heterocycles. The number of unbranched alkanes of at least 4 members (excludes halogenated alkanes) is 40. The second-order valence-corrected chi connectivity index (χ2v) is 20.3. The molecule has 0 aromatic carbocycles. The number of rotatable bonds is 55. The predicted molar refractivity (Wildman–Crippen MR) is 289 cm³/mol. The highest BCUT2D eigenvalue weighted by molar-refractivity contribution is 5.71. The van der Waals surface area contributed by atoms with E-state index in [1.165, 1.54) is 212 Å². The van der Waals surface area contributed by atoms with Gasteiger partial charge < -0.3 is 14.2 Å². The molecule has 0 aliphatic rings. The fourth-order valence-electron chi connectivity index (χ4n) is 8.91. The third-order valence-electron chi connectivity index (χ3n) is 13.4. The maximum Gasteiger partial charge on any atom is 0.306 e. The van der Waals surface area contributed by atoms with Crippen molar-refractivity contribution < 1.29 is 28.6 Å². The molecule has 0 rings (SSSR count). The van der Waals surface area contributed by atoms with Crippen LogP contribution >= 0.6 is 0 Å². The zero-order valence-corrected chi connectivity index (χ0v) is 45.2. The minimum atomic E-state index is -0.774. The van der Waals surface area contributed by atoms with Crippen molar-refractivity contribution in [2.24, 2.45) is 0 Å². The monoisotopic (exact) mass is 943 g/mol. The third-order valence-corrected chi connectivity index (χ3v) is 13.4. The lowest BCUT2D eigenvalue weighted by molar-refractivity contribution is -0.167. The van der Waals surface area contributed by atoms with Crippen molar-refractivity contribution in [3.63, 3.8) is 0 Å². The zero-order chi connectivity index (χ0) is 48.6. The highest BCUT2D eigenvalue weighted by Crippen LogP contribution is 2.17. The van der Waals surface area contributed by atoms with Gasteiger partial charge in [-0.3, -0.25) is 14.4 Å². The van der Waals surface area contributed by atoms with E-state index in [1.54, 1.807) is 0 Å². The zero-order valence-electron chi connectivity index (χ0n) is 45.2. The van der Waals surface area contributed by atoms with E-state index < -0.39 is 6.10 Å². The van der Waals surface area contributed by atoms with Gasteiger partial charge in [-0.25, -0.2) is 0 Å². The summed E-state index contributed by atoms with van der Waals surface area (Å²) in [4.78, 5) is 38.0. The molecule has 0 saturated heterocycles. The minimum absolute atomic E-state index is 0.0733. The SMILES string of the molecule is CCC/C=C\CCCCCCCC(=O)OCC(COC(=O)CCCCCCCCCCCCCCCCCCCCCCCCCCCC)OC(=O)CCCCCCC/C=C\CCCCCC. The van der Waals surface area contributed by atoms with E-state index in [9.17, 15) is 14.4 Å². The Balaban J connectivity index is 4.11. The first-order valence-corrected chi connectivity index (χ1v) is 29.8. The Hall–Kier alpha value is -2.11. The molecular weight excluding hydrogens is 829 g/mol. The van der Waals surface area contributed by atoms with E-state index in [0.717, 1.165) is 77.0 Å². The number of esters is 3. The number of ether oxygens (including phenoxy) is 3. The lowest BCUT2D eigenvalue weighted by Crippen LogP contribution is -2.30. The first-order chi connectivity index (χ1) is 33.0. The topological polar surface area (TPSA) is 78.9 Å². The minimum Gasteiger partial charge on any atom is -0.462 e. The molecule has 394 valence electrons. The maximum absolute atomic E-state index is 12.8. The van der Waals surface area contributed by atoms with Gasteiger partial charge in [0.15, 0.2) is 6.10 Å². The highest BCUT2D eigenvalue weighted by Gasteiger charge is 2.19. The second kappa shape index (κ2) is 56.5. The Morgan fingerprint density at radius 2 is 0.522 bits per heavy atom. The fourth-order valence-corrected chi connectivity index (χ4v) is 8.91. The van der Waals surface area contributed by atoms with Crippen LogP contribution in [0.3, 0.4) is 0 Å². The summed E-state index contributed by atoms with van der Waals surface area (Å²) in [6, 6.07) is 0. The first-order valence-electron chi connectivity index (χ1n) is 29.8. The van der Waals surface area contributed by atoms with Crippen molar-refractivity contribution >= 4 is 17.9 Å². The molecule has 0 aliphatic carbocycles. The molecule has 0 N–H and O–H groups in total. The number of allylic oxidation sites excluding steroid dienone is 4. The van der Waals surface area contributed by atoms with Gasteiger partial charge >= 0.3 is 17.9 Å². The van der Waals surface area contributed by atoms with Crippen LogP contribution in [0.15, 0.2) is 24.3 Å². The number of carbonyl (C=O) groups is 3. The number of hydrogen-bond acceptors (Lipinski definition) is 6. The largest absolute Gasteiger partial charge is 0.462 e. The van der Waals surface area contributed by atoms with Crippen molar-refractivity contribution in [1.29, 1.82) is 0 Å². The molecule has 0 aromatic heterocycles. The van der Waals surface area contributed by atoms with Crippen molar-refractivity contribution in [1.82, 2.24) is 0 Å². The van der Waals surface area contributed by atoms with Crippen molar-refractivity contribution in [2.45, 2.75) is 335 Å².